The van der Waals surface area contributed by atoms with Crippen LogP contribution in [0.3, 0.4) is 0 Å². The Morgan fingerprint density at radius 2 is 2.07 bits per heavy atom. The van der Waals surface area contributed by atoms with E-state index >= 15 is 0 Å². The highest BCUT2D eigenvalue weighted by Crippen LogP contribution is 2.24. The molecule has 0 spiro atoms. The van der Waals surface area contributed by atoms with Gasteiger partial charge in [-0.05, 0) is 25.5 Å². The smallest absolute Gasteiger partial charge is 0.414 e. The van der Waals surface area contributed by atoms with Crippen LogP contribution >= 0.6 is 0 Å². The minimum absolute atomic E-state index is 0.0650. The summed E-state index contributed by atoms with van der Waals surface area (Å²) >= 11 is 0. The highest BCUT2D eigenvalue weighted by Gasteiger charge is 2.33. The third kappa shape index (κ3) is 6.55. The van der Waals surface area contributed by atoms with Gasteiger partial charge in [0.05, 0.1) is 6.54 Å². The van der Waals surface area contributed by atoms with E-state index in [0.717, 1.165) is 18.7 Å². The minimum atomic E-state index is -1.24. The number of carbonyl (C=O) groups excluding carboxylic acids is 1. The number of hydrogen-bond acceptors (Lipinski definition) is 6. The lowest BCUT2D eigenvalue weighted by Crippen LogP contribution is -2.44. The molecule has 1 amide bonds. The molecule has 0 bridgehead atoms. The van der Waals surface area contributed by atoms with Crippen molar-refractivity contribution in [1.82, 2.24) is 9.80 Å². The van der Waals surface area contributed by atoms with E-state index in [1.807, 2.05) is 32.1 Å². The third-order valence-corrected chi connectivity index (χ3v) is 4.65. The number of amides is 1. The van der Waals surface area contributed by atoms with Crippen molar-refractivity contribution in [3.63, 3.8) is 0 Å². The van der Waals surface area contributed by atoms with Crippen LogP contribution in [-0.4, -0.2) is 80.9 Å². The van der Waals surface area contributed by atoms with Gasteiger partial charge in [-0.1, -0.05) is 32.9 Å². The Bertz CT molecular complexity index is 526. The summed E-state index contributed by atoms with van der Waals surface area (Å²) in [6.45, 7) is 7.82. The van der Waals surface area contributed by atoms with Crippen LogP contribution in [0.5, 0.6) is 0 Å². The number of ether oxygens (including phenoxy) is 3. The van der Waals surface area contributed by atoms with Crippen LogP contribution < -0.4 is 5.73 Å². The van der Waals surface area contributed by atoms with E-state index in [2.05, 4.69) is 11.8 Å². The third-order valence-electron chi connectivity index (χ3n) is 4.65. The molecule has 8 heteroatoms. The summed E-state index contributed by atoms with van der Waals surface area (Å²) in [7, 11) is 2.87. The fraction of sp³-hybridized carbons (Fsp3) is 0.750. The molecule has 1 heterocycles. The quantitative estimate of drug-likeness (QED) is 0.567. The number of halogens is 1. The number of nitrogens with zero attached hydrogens (tertiary/aromatic N) is 2. The fourth-order valence-corrected chi connectivity index (χ4v) is 3.31. The molecule has 0 radical (unpaired) electrons. The lowest BCUT2D eigenvalue weighted by atomic mass is 10.0. The van der Waals surface area contributed by atoms with Crippen LogP contribution in [0, 0.1) is 0 Å². The van der Waals surface area contributed by atoms with Crippen LogP contribution in [0.4, 0.5) is 9.18 Å². The Morgan fingerprint density at radius 3 is 2.54 bits per heavy atom. The number of nitrogens with two attached hydrogens (primary N) is 1. The first-order valence-corrected chi connectivity index (χ1v) is 10.0. The summed E-state index contributed by atoms with van der Waals surface area (Å²) < 4.78 is 29.7. The van der Waals surface area contributed by atoms with Gasteiger partial charge in [0.15, 0.2) is 12.5 Å². The predicted octanol–water partition coefficient (Wildman–Crippen LogP) is 2.67. The zero-order chi connectivity index (χ0) is 21.1. The van der Waals surface area contributed by atoms with E-state index in [4.69, 9.17) is 19.9 Å². The van der Waals surface area contributed by atoms with E-state index in [1.165, 1.54) is 14.2 Å². The van der Waals surface area contributed by atoms with Crippen molar-refractivity contribution in [2.24, 2.45) is 5.73 Å². The number of alkyl halides is 1. The summed E-state index contributed by atoms with van der Waals surface area (Å²) in [6.07, 6.45) is 4.75. The summed E-state index contributed by atoms with van der Waals surface area (Å²) in [4.78, 5) is 15.6. The summed E-state index contributed by atoms with van der Waals surface area (Å²) in [5.41, 5.74) is 6.38. The molecule has 2 N–H and O–H groups in total. The molecule has 3 unspecified atom stereocenters. The van der Waals surface area contributed by atoms with E-state index in [-0.39, 0.29) is 24.8 Å². The van der Waals surface area contributed by atoms with E-state index in [9.17, 15) is 9.18 Å². The van der Waals surface area contributed by atoms with E-state index in [1.54, 1.807) is 4.90 Å². The van der Waals surface area contributed by atoms with Crippen LogP contribution in [0.2, 0.25) is 0 Å². The average Bonchev–Trinajstić information content (AvgIpc) is 3.11. The molecule has 0 saturated carbocycles. The summed E-state index contributed by atoms with van der Waals surface area (Å²) in [5.74, 6) is 0. The lowest BCUT2D eigenvalue weighted by Gasteiger charge is -2.33. The van der Waals surface area contributed by atoms with Gasteiger partial charge >= 0.3 is 6.09 Å². The highest BCUT2D eigenvalue weighted by molar-refractivity contribution is 5.73. The van der Waals surface area contributed by atoms with Crippen LogP contribution in [0.25, 0.3) is 0 Å². The Hall–Kier alpha value is -1.48. The number of hydrogen-bond donors (Lipinski definition) is 1. The van der Waals surface area contributed by atoms with Crippen LogP contribution in [0.15, 0.2) is 23.9 Å². The second-order valence-corrected chi connectivity index (χ2v) is 6.49. The topological polar surface area (TPSA) is 77.3 Å². The molecule has 2 rings (SSSR count). The number of cyclic esters (lactones) is 1. The van der Waals surface area contributed by atoms with Gasteiger partial charge in [0.1, 0.15) is 6.10 Å². The van der Waals surface area contributed by atoms with Crippen molar-refractivity contribution in [2.75, 3.05) is 40.4 Å². The zero-order valence-corrected chi connectivity index (χ0v) is 17.8. The SMILES string of the molecule is CC.CCCN(CC(F)C(OC)OC)C1C=CC(N2CC(CN)OC2=O)=CC1. The Balaban J connectivity index is 0.00000190. The molecule has 0 aromatic heterocycles. The molecule has 2 aliphatic rings. The normalized spacial score (nSPS) is 22.8. The highest BCUT2D eigenvalue weighted by atomic mass is 19.1. The van der Waals surface area contributed by atoms with Crippen molar-refractivity contribution >= 4 is 6.09 Å². The lowest BCUT2D eigenvalue weighted by molar-refractivity contribution is -0.148. The fourth-order valence-electron chi connectivity index (χ4n) is 3.31. The van der Waals surface area contributed by atoms with Crippen molar-refractivity contribution in [3.05, 3.63) is 23.9 Å². The van der Waals surface area contributed by atoms with E-state index in [0.29, 0.717) is 19.5 Å². The first-order valence-electron chi connectivity index (χ1n) is 10.0. The van der Waals surface area contributed by atoms with Gasteiger partial charge in [-0.25, -0.2) is 9.18 Å². The Kier molecular flexibility index (Phi) is 11.3. The van der Waals surface area contributed by atoms with Gasteiger partial charge in [-0.15, -0.1) is 0 Å². The van der Waals surface area contributed by atoms with Gasteiger partial charge in [0.25, 0.3) is 0 Å². The standard InChI is InChI=1S/C18H30FN3O4.C2H6/c1-4-9-21(12-16(19)17(24-2)25-3)13-5-7-14(8-6-13)22-11-15(10-20)26-18(22)23;1-2/h5,7-8,13,15-17H,4,6,9-12,20H2,1-3H3;1-2H3. The monoisotopic (exact) mass is 401 g/mol. The Morgan fingerprint density at radius 1 is 1.39 bits per heavy atom. The first-order chi connectivity index (χ1) is 13.5. The number of methoxy groups -OCH3 is 2. The maximum absolute atomic E-state index is 14.4. The molecule has 1 fully saturated rings. The molecule has 0 aromatic carbocycles. The average molecular weight is 402 g/mol. The number of carbonyl (C=O) groups is 1. The predicted molar refractivity (Wildman–Crippen MR) is 108 cm³/mol. The van der Waals surface area contributed by atoms with Crippen molar-refractivity contribution in [1.29, 1.82) is 0 Å². The van der Waals surface area contributed by atoms with Crippen molar-refractivity contribution in [3.8, 4) is 0 Å². The second kappa shape index (κ2) is 12.9. The molecule has 0 aromatic rings. The Labute approximate surface area is 168 Å². The molecule has 3 atom stereocenters. The minimum Gasteiger partial charge on any atom is -0.443 e. The van der Waals surface area contributed by atoms with Gasteiger partial charge in [-0.3, -0.25) is 9.80 Å². The molecule has 28 heavy (non-hydrogen) atoms. The summed E-state index contributed by atoms with van der Waals surface area (Å²) in [6, 6.07) is 0.0650. The number of rotatable bonds is 10. The molecule has 1 saturated heterocycles. The van der Waals surface area contributed by atoms with Crippen molar-refractivity contribution < 1.29 is 23.4 Å². The van der Waals surface area contributed by atoms with Gasteiger partial charge < -0.3 is 19.9 Å². The molecule has 7 nitrogen and oxygen atoms in total. The van der Waals surface area contributed by atoms with E-state index < -0.39 is 12.5 Å². The van der Waals surface area contributed by atoms with Gasteiger partial charge in [0, 0.05) is 39.0 Å². The number of allylic oxidation sites excluding steroid dienone is 1. The second-order valence-electron chi connectivity index (χ2n) is 6.49. The maximum atomic E-state index is 14.4. The molecule has 1 aliphatic carbocycles. The first kappa shape index (κ1) is 24.6. The maximum Gasteiger partial charge on any atom is 0.414 e. The molecule has 1 aliphatic heterocycles. The summed E-state index contributed by atoms with van der Waals surface area (Å²) in [5, 5.41) is 0. The largest absolute Gasteiger partial charge is 0.443 e. The molecular formula is C20H36FN3O4. The molecular weight excluding hydrogens is 365 g/mol. The van der Waals surface area contributed by atoms with Crippen LogP contribution in [-0.2, 0) is 14.2 Å². The van der Waals surface area contributed by atoms with Gasteiger partial charge in [-0.2, -0.15) is 0 Å². The van der Waals surface area contributed by atoms with Crippen molar-refractivity contribution in [2.45, 2.75) is 58.2 Å². The van der Waals surface area contributed by atoms with Crippen LogP contribution in [0.1, 0.15) is 33.6 Å². The molecule has 162 valence electrons. The zero-order valence-electron chi connectivity index (χ0n) is 17.8. The van der Waals surface area contributed by atoms with Gasteiger partial charge in [0.2, 0.25) is 0 Å².